The highest BCUT2D eigenvalue weighted by Gasteiger charge is 2.17. The lowest BCUT2D eigenvalue weighted by Gasteiger charge is -2.14. The zero-order valence-corrected chi connectivity index (χ0v) is 13.9. The molecule has 1 atom stereocenters. The first-order valence-electron chi connectivity index (χ1n) is 7.04. The molecule has 0 saturated carbocycles. The topological polar surface area (TPSA) is 80.1 Å². The minimum absolute atomic E-state index is 0.0351. The van der Waals surface area contributed by atoms with Gasteiger partial charge in [0.2, 0.25) is 5.91 Å². The monoisotopic (exact) mass is 335 g/mol. The van der Waals surface area contributed by atoms with E-state index < -0.39 is 0 Å². The third-order valence-electron chi connectivity index (χ3n) is 3.29. The van der Waals surface area contributed by atoms with Crippen molar-refractivity contribution in [1.82, 2.24) is 25.2 Å². The minimum atomic E-state index is -0.374. The number of hydrogen-bond acceptors (Lipinski definition) is 4. The van der Waals surface area contributed by atoms with Crippen LogP contribution in [-0.2, 0) is 11.3 Å². The summed E-state index contributed by atoms with van der Waals surface area (Å²) in [6.07, 6.45) is 1.44. The van der Waals surface area contributed by atoms with Crippen molar-refractivity contribution < 1.29 is 9.59 Å². The molecule has 1 heterocycles. The molecule has 0 unspecified atom stereocenters. The van der Waals surface area contributed by atoms with Gasteiger partial charge in [0.1, 0.15) is 6.54 Å². The number of nitrogens with zero attached hydrogens (tertiary/aromatic N) is 4. The molecule has 2 amide bonds. The Morgan fingerprint density at radius 2 is 2.04 bits per heavy atom. The Kier molecular flexibility index (Phi) is 5.33. The van der Waals surface area contributed by atoms with E-state index in [0.29, 0.717) is 5.02 Å². The van der Waals surface area contributed by atoms with Crippen LogP contribution in [0.1, 0.15) is 29.0 Å². The number of halogens is 1. The number of carbonyl (C=O) groups excluding carboxylic acids is 2. The highest BCUT2D eigenvalue weighted by atomic mass is 35.5. The maximum atomic E-state index is 12.2. The molecular formula is C15H18ClN5O2. The Labute approximate surface area is 139 Å². The fraction of sp³-hybridized carbons (Fsp3) is 0.333. The fourth-order valence-corrected chi connectivity index (χ4v) is 2.23. The van der Waals surface area contributed by atoms with Gasteiger partial charge in [-0.15, -0.1) is 5.10 Å². The van der Waals surface area contributed by atoms with Gasteiger partial charge >= 0.3 is 0 Å². The van der Waals surface area contributed by atoms with Gasteiger partial charge < -0.3 is 10.2 Å². The molecule has 0 aliphatic carbocycles. The molecule has 0 spiro atoms. The SMILES string of the molecule is C[C@H](NC(=O)c1cn(CC(=O)N(C)C)nn1)c1ccccc1Cl. The number of benzene rings is 1. The number of rotatable bonds is 5. The Hall–Kier alpha value is -2.41. The summed E-state index contributed by atoms with van der Waals surface area (Å²) in [5.74, 6) is -0.507. The van der Waals surface area contributed by atoms with Gasteiger partial charge in [0.25, 0.3) is 5.91 Å². The van der Waals surface area contributed by atoms with Gasteiger partial charge in [0, 0.05) is 19.1 Å². The Balaban J connectivity index is 2.03. The van der Waals surface area contributed by atoms with E-state index in [1.54, 1.807) is 20.2 Å². The normalized spacial score (nSPS) is 11.8. The van der Waals surface area contributed by atoms with E-state index in [2.05, 4.69) is 15.6 Å². The first-order chi connectivity index (χ1) is 10.9. The van der Waals surface area contributed by atoms with Gasteiger partial charge in [0.05, 0.1) is 12.2 Å². The Morgan fingerprint density at radius 3 is 2.70 bits per heavy atom. The standard InChI is InChI=1S/C15H18ClN5O2/c1-10(11-6-4-5-7-12(11)16)17-15(23)13-8-21(19-18-13)9-14(22)20(2)3/h4-8,10H,9H2,1-3H3,(H,17,23)/t10-/m0/s1. The van der Waals surface area contributed by atoms with Crippen molar-refractivity contribution >= 4 is 23.4 Å². The van der Waals surface area contributed by atoms with Gasteiger partial charge in [-0.25, -0.2) is 4.68 Å². The Bertz CT molecular complexity index is 713. The summed E-state index contributed by atoms with van der Waals surface area (Å²) < 4.78 is 1.33. The van der Waals surface area contributed by atoms with Crippen LogP contribution in [0.15, 0.2) is 30.5 Å². The summed E-state index contributed by atoms with van der Waals surface area (Å²) >= 11 is 6.11. The molecule has 1 N–H and O–H groups in total. The maximum Gasteiger partial charge on any atom is 0.273 e. The predicted octanol–water partition coefficient (Wildman–Crippen LogP) is 1.51. The van der Waals surface area contributed by atoms with E-state index in [-0.39, 0.29) is 30.1 Å². The lowest BCUT2D eigenvalue weighted by Crippen LogP contribution is -2.27. The van der Waals surface area contributed by atoms with E-state index in [4.69, 9.17) is 11.6 Å². The molecule has 2 rings (SSSR count). The van der Waals surface area contributed by atoms with Crippen molar-refractivity contribution in [2.75, 3.05) is 14.1 Å². The zero-order chi connectivity index (χ0) is 17.0. The van der Waals surface area contributed by atoms with Crippen LogP contribution < -0.4 is 5.32 Å². The molecular weight excluding hydrogens is 318 g/mol. The first kappa shape index (κ1) is 17.0. The molecule has 0 aliphatic heterocycles. The summed E-state index contributed by atoms with van der Waals surface area (Å²) in [4.78, 5) is 25.3. The Morgan fingerprint density at radius 1 is 1.35 bits per heavy atom. The fourth-order valence-electron chi connectivity index (χ4n) is 1.93. The summed E-state index contributed by atoms with van der Waals surface area (Å²) in [6.45, 7) is 1.87. The van der Waals surface area contributed by atoms with E-state index in [1.807, 2.05) is 25.1 Å². The molecule has 1 aromatic heterocycles. The van der Waals surface area contributed by atoms with Crippen LogP contribution in [0.3, 0.4) is 0 Å². The number of nitrogens with one attached hydrogen (secondary N) is 1. The number of carbonyl (C=O) groups is 2. The van der Waals surface area contributed by atoms with E-state index in [0.717, 1.165) is 5.56 Å². The van der Waals surface area contributed by atoms with Crippen LogP contribution in [0.5, 0.6) is 0 Å². The summed E-state index contributed by atoms with van der Waals surface area (Å²) in [5, 5.41) is 11.0. The van der Waals surface area contributed by atoms with Crippen molar-refractivity contribution in [3.8, 4) is 0 Å². The molecule has 1 aromatic carbocycles. The van der Waals surface area contributed by atoms with E-state index >= 15 is 0 Å². The quantitative estimate of drug-likeness (QED) is 0.898. The van der Waals surface area contributed by atoms with Crippen LogP contribution in [0, 0.1) is 0 Å². The van der Waals surface area contributed by atoms with Gasteiger partial charge in [-0.1, -0.05) is 35.0 Å². The van der Waals surface area contributed by atoms with E-state index in [1.165, 1.54) is 15.8 Å². The van der Waals surface area contributed by atoms with Crippen molar-refractivity contribution in [3.63, 3.8) is 0 Å². The second kappa shape index (κ2) is 7.23. The first-order valence-corrected chi connectivity index (χ1v) is 7.42. The summed E-state index contributed by atoms with van der Waals surface area (Å²) in [7, 11) is 3.30. The number of aromatic nitrogens is 3. The van der Waals surface area contributed by atoms with Crippen molar-refractivity contribution in [2.24, 2.45) is 0 Å². The number of amides is 2. The molecule has 7 nitrogen and oxygen atoms in total. The molecule has 0 bridgehead atoms. The van der Waals surface area contributed by atoms with Gasteiger partial charge in [-0.3, -0.25) is 9.59 Å². The summed E-state index contributed by atoms with van der Waals surface area (Å²) in [5.41, 5.74) is 0.966. The molecule has 0 saturated heterocycles. The number of hydrogen-bond donors (Lipinski definition) is 1. The minimum Gasteiger partial charge on any atom is -0.347 e. The molecule has 122 valence electrons. The highest BCUT2D eigenvalue weighted by molar-refractivity contribution is 6.31. The third kappa shape index (κ3) is 4.29. The lowest BCUT2D eigenvalue weighted by atomic mass is 10.1. The van der Waals surface area contributed by atoms with Crippen molar-refractivity contribution in [2.45, 2.75) is 19.5 Å². The highest BCUT2D eigenvalue weighted by Crippen LogP contribution is 2.22. The van der Waals surface area contributed by atoms with Crippen LogP contribution in [0.25, 0.3) is 0 Å². The second-order valence-corrected chi connectivity index (χ2v) is 5.71. The average Bonchev–Trinajstić information content (AvgIpc) is 2.96. The van der Waals surface area contributed by atoms with Crippen LogP contribution >= 0.6 is 11.6 Å². The smallest absolute Gasteiger partial charge is 0.273 e. The maximum absolute atomic E-state index is 12.2. The molecule has 0 fully saturated rings. The molecule has 8 heteroatoms. The van der Waals surface area contributed by atoms with Crippen molar-refractivity contribution in [3.05, 3.63) is 46.7 Å². The van der Waals surface area contributed by atoms with Crippen LogP contribution in [-0.4, -0.2) is 45.8 Å². The third-order valence-corrected chi connectivity index (χ3v) is 3.63. The molecule has 2 aromatic rings. The van der Waals surface area contributed by atoms with Gasteiger partial charge in [-0.2, -0.15) is 0 Å². The lowest BCUT2D eigenvalue weighted by molar-refractivity contribution is -0.129. The summed E-state index contributed by atoms with van der Waals surface area (Å²) in [6, 6.07) is 7.02. The average molecular weight is 336 g/mol. The van der Waals surface area contributed by atoms with Crippen molar-refractivity contribution in [1.29, 1.82) is 0 Å². The van der Waals surface area contributed by atoms with Crippen LogP contribution in [0.4, 0.5) is 0 Å². The van der Waals surface area contributed by atoms with Crippen LogP contribution in [0.2, 0.25) is 5.02 Å². The largest absolute Gasteiger partial charge is 0.347 e. The van der Waals surface area contributed by atoms with E-state index in [9.17, 15) is 9.59 Å². The molecule has 0 radical (unpaired) electrons. The second-order valence-electron chi connectivity index (χ2n) is 5.31. The molecule has 0 aliphatic rings. The molecule has 23 heavy (non-hydrogen) atoms. The zero-order valence-electron chi connectivity index (χ0n) is 13.2. The predicted molar refractivity (Wildman–Crippen MR) is 86.0 cm³/mol. The number of likely N-dealkylation sites (N-methyl/N-ethyl adjacent to an activating group) is 1. The van der Waals surface area contributed by atoms with Gasteiger partial charge in [0.15, 0.2) is 5.69 Å². The van der Waals surface area contributed by atoms with Gasteiger partial charge in [-0.05, 0) is 18.6 Å².